The first-order valence-corrected chi connectivity index (χ1v) is 3.47. The SMILES string of the molecule is CC1NCC2CC21C.Cl.N. The summed E-state index contributed by atoms with van der Waals surface area (Å²) in [6, 6.07) is 0.785. The number of hydrogen-bond donors (Lipinski definition) is 2. The Bertz CT molecular complexity index is 127. The van der Waals surface area contributed by atoms with Gasteiger partial charge in [-0.1, -0.05) is 6.92 Å². The maximum Gasteiger partial charge on any atom is 0.00959 e. The zero-order valence-electron chi connectivity index (χ0n) is 6.68. The highest BCUT2D eigenvalue weighted by Gasteiger charge is 2.57. The molecule has 0 aromatic rings. The predicted octanol–water partition coefficient (Wildman–Crippen LogP) is 1.59. The minimum absolute atomic E-state index is 0. The lowest BCUT2D eigenvalue weighted by molar-refractivity contribution is 0.446. The van der Waals surface area contributed by atoms with Crippen LogP contribution < -0.4 is 11.5 Å². The lowest BCUT2D eigenvalue weighted by Crippen LogP contribution is -2.26. The minimum atomic E-state index is 0. The van der Waals surface area contributed by atoms with E-state index >= 15 is 0 Å². The minimum Gasteiger partial charge on any atom is -0.344 e. The maximum atomic E-state index is 3.46. The standard InChI is InChI=1S/C7H13N.ClH.H3N/c1-5-7(2)3-6(7)4-8-5;;/h5-6,8H,3-4H2,1-2H3;1H;1H3. The lowest BCUT2D eigenvalue weighted by atomic mass is 10.0. The largest absolute Gasteiger partial charge is 0.344 e. The van der Waals surface area contributed by atoms with Crippen LogP contribution in [-0.4, -0.2) is 12.6 Å². The highest BCUT2D eigenvalue weighted by molar-refractivity contribution is 5.85. The van der Waals surface area contributed by atoms with Gasteiger partial charge in [0.1, 0.15) is 0 Å². The molecule has 0 bridgehead atoms. The first-order valence-electron chi connectivity index (χ1n) is 3.47. The molecule has 0 aromatic carbocycles. The molecule has 3 heteroatoms. The molecular formula is C7H17ClN2. The first kappa shape index (κ1) is 10.2. The van der Waals surface area contributed by atoms with Gasteiger partial charge in [0.05, 0.1) is 0 Å². The molecule has 62 valence electrons. The third-order valence-electron chi connectivity index (χ3n) is 3.12. The van der Waals surface area contributed by atoms with Gasteiger partial charge in [-0.15, -0.1) is 12.4 Å². The average molecular weight is 165 g/mol. The van der Waals surface area contributed by atoms with Gasteiger partial charge in [0.25, 0.3) is 0 Å². The number of fused-ring (bicyclic) bond motifs is 1. The van der Waals surface area contributed by atoms with Crippen LogP contribution in [0.3, 0.4) is 0 Å². The fourth-order valence-corrected chi connectivity index (χ4v) is 1.86. The lowest BCUT2D eigenvalue weighted by Gasteiger charge is -2.12. The van der Waals surface area contributed by atoms with E-state index in [0.29, 0.717) is 5.41 Å². The van der Waals surface area contributed by atoms with Gasteiger partial charge in [-0.2, -0.15) is 0 Å². The van der Waals surface area contributed by atoms with Gasteiger partial charge >= 0.3 is 0 Å². The molecule has 10 heavy (non-hydrogen) atoms. The maximum absolute atomic E-state index is 3.46. The van der Waals surface area contributed by atoms with E-state index in [9.17, 15) is 0 Å². The molecule has 0 radical (unpaired) electrons. The summed E-state index contributed by atoms with van der Waals surface area (Å²) < 4.78 is 0. The molecule has 4 N–H and O–H groups in total. The van der Waals surface area contributed by atoms with Crippen molar-refractivity contribution in [2.75, 3.05) is 6.54 Å². The summed E-state index contributed by atoms with van der Waals surface area (Å²) in [6.07, 6.45) is 1.47. The Kier molecular flexibility index (Phi) is 2.74. The van der Waals surface area contributed by atoms with Crippen LogP contribution in [0.4, 0.5) is 0 Å². The zero-order valence-corrected chi connectivity index (χ0v) is 7.50. The Morgan fingerprint density at radius 2 is 2.10 bits per heavy atom. The Morgan fingerprint density at radius 3 is 2.20 bits per heavy atom. The monoisotopic (exact) mass is 164 g/mol. The van der Waals surface area contributed by atoms with Crippen LogP contribution in [0.2, 0.25) is 0 Å². The molecule has 1 aliphatic carbocycles. The number of piperidine rings is 1. The van der Waals surface area contributed by atoms with Crippen LogP contribution in [0.5, 0.6) is 0 Å². The van der Waals surface area contributed by atoms with E-state index in [1.54, 1.807) is 0 Å². The Morgan fingerprint density at radius 1 is 1.50 bits per heavy atom. The van der Waals surface area contributed by atoms with Crippen LogP contribution in [0.1, 0.15) is 20.3 Å². The molecule has 0 aromatic heterocycles. The number of halogens is 1. The highest BCUT2D eigenvalue weighted by Crippen LogP contribution is 2.57. The molecule has 1 heterocycles. The van der Waals surface area contributed by atoms with Crippen LogP contribution in [0, 0.1) is 11.3 Å². The van der Waals surface area contributed by atoms with Crippen molar-refractivity contribution in [2.24, 2.45) is 11.3 Å². The molecule has 2 nitrogen and oxygen atoms in total. The van der Waals surface area contributed by atoms with E-state index < -0.39 is 0 Å². The zero-order chi connectivity index (χ0) is 5.78. The van der Waals surface area contributed by atoms with E-state index in [1.807, 2.05) is 0 Å². The summed E-state index contributed by atoms with van der Waals surface area (Å²) in [5.41, 5.74) is 0.708. The molecule has 2 aliphatic rings. The van der Waals surface area contributed by atoms with Crippen LogP contribution >= 0.6 is 12.4 Å². The third kappa shape index (κ3) is 1.04. The molecule has 2 fully saturated rings. The summed E-state index contributed by atoms with van der Waals surface area (Å²) in [5.74, 6) is 1.03. The molecule has 0 amide bonds. The van der Waals surface area contributed by atoms with Crippen molar-refractivity contribution in [2.45, 2.75) is 26.3 Å². The van der Waals surface area contributed by atoms with Crippen molar-refractivity contribution in [1.29, 1.82) is 0 Å². The summed E-state index contributed by atoms with van der Waals surface area (Å²) in [7, 11) is 0. The van der Waals surface area contributed by atoms with Crippen molar-refractivity contribution >= 4 is 12.4 Å². The molecule has 3 atom stereocenters. The van der Waals surface area contributed by atoms with Crippen molar-refractivity contribution in [3.8, 4) is 0 Å². The third-order valence-corrected chi connectivity index (χ3v) is 3.12. The van der Waals surface area contributed by atoms with Crippen molar-refractivity contribution < 1.29 is 0 Å². The van der Waals surface area contributed by atoms with E-state index in [1.165, 1.54) is 13.0 Å². The van der Waals surface area contributed by atoms with Crippen LogP contribution in [-0.2, 0) is 0 Å². The summed E-state index contributed by atoms with van der Waals surface area (Å²) >= 11 is 0. The Hall–Kier alpha value is 0.210. The van der Waals surface area contributed by atoms with E-state index in [4.69, 9.17) is 0 Å². The quantitative estimate of drug-likeness (QED) is 0.571. The Labute approximate surface area is 68.8 Å². The van der Waals surface area contributed by atoms with Gasteiger partial charge in [-0.25, -0.2) is 0 Å². The second kappa shape index (κ2) is 2.68. The summed E-state index contributed by atoms with van der Waals surface area (Å²) in [4.78, 5) is 0. The topological polar surface area (TPSA) is 47.0 Å². The van der Waals surface area contributed by atoms with Gasteiger partial charge in [-0.3, -0.25) is 0 Å². The Balaban J connectivity index is 0.000000405. The number of rotatable bonds is 0. The molecule has 2 rings (SSSR count). The normalized spacial score (nSPS) is 48.6. The second-order valence-electron chi connectivity index (χ2n) is 3.54. The van der Waals surface area contributed by atoms with Crippen LogP contribution in [0.25, 0.3) is 0 Å². The molecule has 0 spiro atoms. The summed E-state index contributed by atoms with van der Waals surface area (Å²) in [6.45, 7) is 5.97. The van der Waals surface area contributed by atoms with E-state index in [2.05, 4.69) is 19.2 Å². The van der Waals surface area contributed by atoms with Gasteiger partial charge in [0.15, 0.2) is 0 Å². The second-order valence-corrected chi connectivity index (χ2v) is 3.54. The van der Waals surface area contributed by atoms with E-state index in [0.717, 1.165) is 12.0 Å². The predicted molar refractivity (Wildman–Crippen MR) is 45.9 cm³/mol. The number of nitrogens with one attached hydrogen (secondary N) is 1. The fraction of sp³-hybridized carbons (Fsp3) is 1.00. The molecule has 3 unspecified atom stereocenters. The van der Waals surface area contributed by atoms with Gasteiger partial charge in [0.2, 0.25) is 0 Å². The fourth-order valence-electron chi connectivity index (χ4n) is 1.86. The summed E-state index contributed by atoms with van der Waals surface area (Å²) in [5, 5.41) is 3.46. The van der Waals surface area contributed by atoms with Crippen molar-refractivity contribution in [3.63, 3.8) is 0 Å². The molecular weight excluding hydrogens is 148 g/mol. The number of hydrogen-bond acceptors (Lipinski definition) is 2. The first-order chi connectivity index (χ1) is 3.73. The average Bonchev–Trinajstić information content (AvgIpc) is 2.31. The van der Waals surface area contributed by atoms with Gasteiger partial charge in [-0.05, 0) is 31.2 Å². The van der Waals surface area contributed by atoms with Gasteiger partial charge < -0.3 is 11.5 Å². The molecule has 1 aliphatic heterocycles. The smallest absolute Gasteiger partial charge is 0.00959 e. The van der Waals surface area contributed by atoms with Crippen molar-refractivity contribution in [1.82, 2.24) is 11.5 Å². The van der Waals surface area contributed by atoms with Crippen LogP contribution in [0.15, 0.2) is 0 Å². The highest BCUT2D eigenvalue weighted by atomic mass is 35.5. The van der Waals surface area contributed by atoms with Gasteiger partial charge in [0, 0.05) is 6.04 Å². The molecule has 1 saturated heterocycles. The van der Waals surface area contributed by atoms with Crippen molar-refractivity contribution in [3.05, 3.63) is 0 Å². The van der Waals surface area contributed by atoms with E-state index in [-0.39, 0.29) is 18.6 Å². The molecule has 1 saturated carbocycles.